The van der Waals surface area contributed by atoms with Crippen LogP contribution in [0.25, 0.3) is 0 Å². The molecule has 4 heteroatoms. The number of carbonyl (C=O) groups excluding carboxylic acids is 1. The van der Waals surface area contributed by atoms with Crippen LogP contribution in [0.4, 0.5) is 0 Å². The summed E-state index contributed by atoms with van der Waals surface area (Å²) in [6.45, 7) is 5.56. The molecule has 4 rings (SSSR count). The van der Waals surface area contributed by atoms with Crippen molar-refractivity contribution in [1.82, 2.24) is 0 Å². The third-order valence-corrected chi connectivity index (χ3v) is 5.58. The molecule has 2 atom stereocenters. The van der Waals surface area contributed by atoms with Crippen LogP contribution >= 0.6 is 0 Å². The van der Waals surface area contributed by atoms with E-state index < -0.39 is 5.60 Å². The zero-order valence-corrected chi connectivity index (χ0v) is 12.2. The average molecular weight is 280 g/mol. The van der Waals surface area contributed by atoms with Gasteiger partial charge in [-0.15, -0.1) is 0 Å². The molecule has 0 aromatic carbocycles. The first-order chi connectivity index (χ1) is 9.36. The van der Waals surface area contributed by atoms with E-state index in [0.29, 0.717) is 11.5 Å². The third-order valence-electron chi connectivity index (χ3n) is 5.58. The van der Waals surface area contributed by atoms with E-state index in [1.165, 1.54) is 0 Å². The van der Waals surface area contributed by atoms with Crippen LogP contribution in [0.3, 0.4) is 0 Å². The lowest BCUT2D eigenvalue weighted by atomic mass is 9.43. The lowest BCUT2D eigenvalue weighted by molar-refractivity contribution is -0.232. The molecule has 0 spiro atoms. The molecule has 0 saturated heterocycles. The standard InChI is InChI=1S/C16H24O4/c1-11(2)13(19)20-16-5-12-3-14(7-16,9-17)6-15(4-12,8-16)10-18/h12,17-18H,1,3-10H2,2H3. The molecule has 0 aromatic rings. The van der Waals surface area contributed by atoms with E-state index in [1.54, 1.807) is 6.92 Å². The molecule has 0 amide bonds. The van der Waals surface area contributed by atoms with Gasteiger partial charge in [-0.3, -0.25) is 0 Å². The molecule has 0 aliphatic heterocycles. The molecule has 4 bridgehead atoms. The number of carbonyl (C=O) groups is 1. The molecule has 112 valence electrons. The van der Waals surface area contributed by atoms with Crippen molar-refractivity contribution in [2.45, 2.75) is 51.0 Å². The van der Waals surface area contributed by atoms with Gasteiger partial charge in [-0.25, -0.2) is 4.79 Å². The van der Waals surface area contributed by atoms with Gasteiger partial charge in [0.05, 0.1) is 0 Å². The Labute approximate surface area is 119 Å². The van der Waals surface area contributed by atoms with E-state index in [-0.39, 0.29) is 30.0 Å². The zero-order chi connectivity index (χ0) is 14.6. The Bertz CT molecular complexity index is 435. The number of hydrogen-bond acceptors (Lipinski definition) is 4. The van der Waals surface area contributed by atoms with Crippen LogP contribution in [-0.4, -0.2) is 35.0 Å². The van der Waals surface area contributed by atoms with Crippen LogP contribution in [0.15, 0.2) is 12.2 Å². The van der Waals surface area contributed by atoms with Crippen LogP contribution in [0.1, 0.15) is 45.4 Å². The largest absolute Gasteiger partial charge is 0.456 e. The van der Waals surface area contributed by atoms with Crippen molar-refractivity contribution in [3.05, 3.63) is 12.2 Å². The highest BCUT2D eigenvalue weighted by Gasteiger charge is 2.64. The van der Waals surface area contributed by atoms with E-state index in [0.717, 1.165) is 38.5 Å². The van der Waals surface area contributed by atoms with Gasteiger partial charge in [-0.05, 0) is 62.2 Å². The van der Waals surface area contributed by atoms with E-state index in [4.69, 9.17) is 4.74 Å². The van der Waals surface area contributed by atoms with Gasteiger partial charge >= 0.3 is 5.97 Å². The van der Waals surface area contributed by atoms with Crippen molar-refractivity contribution in [3.63, 3.8) is 0 Å². The summed E-state index contributed by atoms with van der Waals surface area (Å²) >= 11 is 0. The van der Waals surface area contributed by atoms with Gasteiger partial charge in [0.25, 0.3) is 0 Å². The summed E-state index contributed by atoms with van der Waals surface area (Å²) in [7, 11) is 0. The first kappa shape index (κ1) is 14.1. The fraction of sp³-hybridized carbons (Fsp3) is 0.812. The molecule has 2 N–H and O–H groups in total. The van der Waals surface area contributed by atoms with Crippen molar-refractivity contribution in [3.8, 4) is 0 Å². The molecular weight excluding hydrogens is 256 g/mol. The summed E-state index contributed by atoms with van der Waals surface area (Å²) in [6.07, 6.45) is 5.18. The van der Waals surface area contributed by atoms with Crippen LogP contribution in [0.5, 0.6) is 0 Å². The summed E-state index contributed by atoms with van der Waals surface area (Å²) < 4.78 is 5.81. The van der Waals surface area contributed by atoms with Gasteiger partial charge in [0.1, 0.15) is 5.60 Å². The van der Waals surface area contributed by atoms with Crippen LogP contribution in [0, 0.1) is 16.7 Å². The van der Waals surface area contributed by atoms with Crippen LogP contribution in [0.2, 0.25) is 0 Å². The van der Waals surface area contributed by atoms with Gasteiger partial charge in [-0.2, -0.15) is 0 Å². The maximum absolute atomic E-state index is 12.0. The maximum atomic E-state index is 12.0. The Morgan fingerprint density at radius 2 is 1.70 bits per heavy atom. The smallest absolute Gasteiger partial charge is 0.333 e. The summed E-state index contributed by atoms with van der Waals surface area (Å²) in [5, 5.41) is 19.7. The normalized spacial score (nSPS) is 45.5. The minimum atomic E-state index is -0.499. The Hall–Kier alpha value is -0.870. The summed E-state index contributed by atoms with van der Waals surface area (Å²) in [6, 6.07) is 0. The fourth-order valence-corrected chi connectivity index (χ4v) is 5.50. The summed E-state index contributed by atoms with van der Waals surface area (Å²) in [4.78, 5) is 12.0. The van der Waals surface area contributed by atoms with Crippen molar-refractivity contribution in [2.75, 3.05) is 13.2 Å². The van der Waals surface area contributed by atoms with Crippen molar-refractivity contribution >= 4 is 5.97 Å². The Kier molecular flexibility index (Phi) is 3.04. The number of esters is 1. The highest BCUT2D eigenvalue weighted by Crippen LogP contribution is 2.67. The predicted molar refractivity (Wildman–Crippen MR) is 73.9 cm³/mol. The van der Waals surface area contributed by atoms with E-state index in [9.17, 15) is 15.0 Å². The SMILES string of the molecule is C=C(C)C(=O)OC12CC3CC(CO)(CC(CO)(C3)C1)C2. The van der Waals surface area contributed by atoms with E-state index >= 15 is 0 Å². The van der Waals surface area contributed by atoms with Gasteiger partial charge in [0.2, 0.25) is 0 Å². The summed E-state index contributed by atoms with van der Waals surface area (Å²) in [5.41, 5.74) is -0.424. The van der Waals surface area contributed by atoms with Crippen molar-refractivity contribution < 1.29 is 19.7 Å². The predicted octanol–water partition coefficient (Wildman–Crippen LogP) is 1.80. The van der Waals surface area contributed by atoms with Gasteiger partial charge < -0.3 is 14.9 Å². The lowest BCUT2D eigenvalue weighted by Gasteiger charge is -2.65. The number of rotatable bonds is 4. The lowest BCUT2D eigenvalue weighted by Crippen LogP contribution is -2.63. The molecule has 4 aliphatic carbocycles. The quantitative estimate of drug-likeness (QED) is 0.609. The Morgan fingerprint density at radius 3 is 2.15 bits per heavy atom. The van der Waals surface area contributed by atoms with Gasteiger partial charge in [0, 0.05) is 18.8 Å². The number of aliphatic hydroxyl groups excluding tert-OH is 2. The highest BCUT2D eigenvalue weighted by atomic mass is 16.6. The van der Waals surface area contributed by atoms with Gasteiger partial charge in [0.15, 0.2) is 0 Å². The average Bonchev–Trinajstić information content (AvgIpc) is 2.36. The Balaban J connectivity index is 1.92. The van der Waals surface area contributed by atoms with Crippen molar-refractivity contribution in [2.24, 2.45) is 16.7 Å². The maximum Gasteiger partial charge on any atom is 0.333 e. The molecule has 0 radical (unpaired) electrons. The second-order valence-corrected chi connectivity index (χ2v) is 7.68. The third kappa shape index (κ3) is 2.01. The molecule has 0 aromatic heterocycles. The molecule has 2 unspecified atom stereocenters. The fourth-order valence-electron chi connectivity index (χ4n) is 5.50. The molecule has 4 saturated carbocycles. The molecule has 20 heavy (non-hydrogen) atoms. The zero-order valence-electron chi connectivity index (χ0n) is 12.2. The van der Waals surface area contributed by atoms with Gasteiger partial charge in [-0.1, -0.05) is 6.58 Å². The second kappa shape index (κ2) is 4.31. The number of hydrogen-bond donors (Lipinski definition) is 2. The van der Waals surface area contributed by atoms with Crippen LogP contribution < -0.4 is 0 Å². The second-order valence-electron chi connectivity index (χ2n) is 7.68. The first-order valence-corrected chi connectivity index (χ1v) is 7.46. The molecular formula is C16H24O4. The summed E-state index contributed by atoms with van der Waals surface area (Å²) in [5.74, 6) is 0.108. The molecule has 0 heterocycles. The number of ether oxygens (including phenoxy) is 1. The topological polar surface area (TPSA) is 66.8 Å². The van der Waals surface area contributed by atoms with E-state index in [1.807, 2.05) is 0 Å². The molecule has 4 nitrogen and oxygen atoms in total. The first-order valence-electron chi connectivity index (χ1n) is 7.46. The monoisotopic (exact) mass is 280 g/mol. The molecule has 4 aliphatic rings. The number of aliphatic hydroxyl groups is 2. The minimum absolute atomic E-state index is 0.123. The minimum Gasteiger partial charge on any atom is -0.456 e. The van der Waals surface area contributed by atoms with Crippen LogP contribution in [-0.2, 0) is 9.53 Å². The molecule has 4 fully saturated rings. The Morgan fingerprint density at radius 1 is 1.15 bits per heavy atom. The highest BCUT2D eigenvalue weighted by molar-refractivity contribution is 5.87. The van der Waals surface area contributed by atoms with Crippen molar-refractivity contribution in [1.29, 1.82) is 0 Å². The van der Waals surface area contributed by atoms with E-state index in [2.05, 4.69) is 6.58 Å².